The van der Waals surface area contributed by atoms with Gasteiger partial charge in [0.1, 0.15) is 10.8 Å². The number of carbonyl (C=O) groups excluding carboxylic acids is 3. The number of hydrogen-bond donors (Lipinski definition) is 2. The number of methoxy groups -OCH3 is 2. The number of amides is 2. The Kier molecular flexibility index (Phi) is 7.82. The van der Waals surface area contributed by atoms with Crippen molar-refractivity contribution < 1.29 is 28.8 Å². The minimum absolute atomic E-state index is 0.114. The molecule has 0 spiro atoms. The molecule has 176 valence electrons. The van der Waals surface area contributed by atoms with E-state index in [4.69, 9.17) is 4.74 Å². The standard InChI is InChI=1S/C21H19N5O7S/c1-32-16-5-3-4-12(11-16)18(27)22-7-6-17-24-25-21(34-17)23-19(28)13-8-14(20(29)33-2)10-15(9-13)26(30)31/h3-5,8-11H,6-7H2,1-2H3,(H,22,27)(H,23,25,28). The first kappa shape index (κ1) is 24.3. The van der Waals surface area contributed by atoms with E-state index in [-0.39, 0.29) is 28.7 Å². The van der Waals surface area contributed by atoms with E-state index >= 15 is 0 Å². The Morgan fingerprint density at radius 2 is 1.79 bits per heavy atom. The molecular weight excluding hydrogens is 466 g/mol. The molecule has 0 fully saturated rings. The molecule has 3 rings (SSSR count). The SMILES string of the molecule is COC(=O)c1cc(C(=O)Nc2nnc(CCNC(=O)c3cccc(OC)c3)s2)cc([N+](=O)[O-])c1. The van der Waals surface area contributed by atoms with Gasteiger partial charge in [0.05, 0.1) is 24.7 Å². The van der Waals surface area contributed by atoms with Crippen molar-refractivity contribution in [3.63, 3.8) is 0 Å². The highest BCUT2D eigenvalue weighted by Gasteiger charge is 2.19. The van der Waals surface area contributed by atoms with Gasteiger partial charge in [0.2, 0.25) is 5.13 Å². The summed E-state index contributed by atoms with van der Waals surface area (Å²) in [5, 5.41) is 24.9. The molecule has 0 aliphatic heterocycles. The lowest BCUT2D eigenvalue weighted by atomic mass is 10.1. The zero-order valence-corrected chi connectivity index (χ0v) is 18.9. The van der Waals surface area contributed by atoms with Crippen LogP contribution < -0.4 is 15.4 Å². The van der Waals surface area contributed by atoms with E-state index in [1.54, 1.807) is 24.3 Å². The molecule has 0 aliphatic carbocycles. The molecule has 2 N–H and O–H groups in total. The largest absolute Gasteiger partial charge is 0.497 e. The molecule has 0 radical (unpaired) electrons. The number of nitro groups is 1. The van der Waals surface area contributed by atoms with Gasteiger partial charge in [-0.05, 0) is 24.3 Å². The van der Waals surface area contributed by atoms with Gasteiger partial charge in [0, 0.05) is 36.2 Å². The first-order valence-electron chi connectivity index (χ1n) is 9.74. The second-order valence-corrected chi connectivity index (χ2v) is 7.77. The number of esters is 1. The Morgan fingerprint density at radius 1 is 1.03 bits per heavy atom. The summed E-state index contributed by atoms with van der Waals surface area (Å²) in [4.78, 5) is 47.0. The van der Waals surface area contributed by atoms with Crippen LogP contribution in [0, 0.1) is 10.1 Å². The molecule has 2 aromatic carbocycles. The smallest absolute Gasteiger partial charge is 0.338 e. The number of aromatic nitrogens is 2. The third-order valence-electron chi connectivity index (χ3n) is 4.46. The Hall–Kier alpha value is -4.39. The summed E-state index contributed by atoms with van der Waals surface area (Å²) in [7, 11) is 2.64. The fraction of sp³-hybridized carbons (Fsp3) is 0.190. The van der Waals surface area contributed by atoms with Crippen LogP contribution in [0.5, 0.6) is 5.75 Å². The van der Waals surface area contributed by atoms with Crippen molar-refractivity contribution in [2.45, 2.75) is 6.42 Å². The van der Waals surface area contributed by atoms with E-state index in [2.05, 4.69) is 25.6 Å². The highest BCUT2D eigenvalue weighted by atomic mass is 32.1. The van der Waals surface area contributed by atoms with Crippen molar-refractivity contribution in [2.24, 2.45) is 0 Å². The Balaban J connectivity index is 1.60. The molecule has 2 amide bonds. The lowest BCUT2D eigenvalue weighted by Gasteiger charge is -2.05. The van der Waals surface area contributed by atoms with Gasteiger partial charge in [-0.25, -0.2) is 4.79 Å². The maximum Gasteiger partial charge on any atom is 0.338 e. The number of anilines is 1. The predicted octanol–water partition coefficient (Wildman–Crippen LogP) is 2.47. The molecule has 0 saturated carbocycles. The minimum atomic E-state index is -0.813. The van der Waals surface area contributed by atoms with Crippen molar-refractivity contribution in [3.05, 3.63) is 74.3 Å². The van der Waals surface area contributed by atoms with Crippen LogP contribution in [0.2, 0.25) is 0 Å². The van der Waals surface area contributed by atoms with E-state index in [0.29, 0.717) is 22.7 Å². The van der Waals surface area contributed by atoms with Crippen LogP contribution in [0.1, 0.15) is 36.1 Å². The van der Waals surface area contributed by atoms with Gasteiger partial charge >= 0.3 is 5.97 Å². The van der Waals surface area contributed by atoms with Crippen molar-refractivity contribution in [3.8, 4) is 5.75 Å². The van der Waals surface area contributed by atoms with Crippen LogP contribution in [-0.2, 0) is 11.2 Å². The molecule has 1 aromatic heterocycles. The molecule has 0 bridgehead atoms. The number of hydrogen-bond acceptors (Lipinski definition) is 10. The van der Waals surface area contributed by atoms with Crippen LogP contribution in [0.3, 0.4) is 0 Å². The van der Waals surface area contributed by atoms with Gasteiger partial charge in [0.15, 0.2) is 0 Å². The monoisotopic (exact) mass is 485 g/mol. The van der Waals surface area contributed by atoms with Gasteiger partial charge < -0.3 is 14.8 Å². The summed E-state index contributed by atoms with van der Waals surface area (Å²) in [5.41, 5.74) is -0.228. The van der Waals surface area contributed by atoms with Crippen molar-refractivity contribution >= 4 is 39.9 Å². The molecule has 0 aliphatic rings. The first-order chi connectivity index (χ1) is 16.3. The number of carbonyl (C=O) groups is 3. The molecular formula is C21H19N5O7S. The lowest BCUT2D eigenvalue weighted by Crippen LogP contribution is -2.25. The third kappa shape index (κ3) is 6.10. The molecule has 0 saturated heterocycles. The zero-order chi connectivity index (χ0) is 24.7. The van der Waals surface area contributed by atoms with Crippen LogP contribution >= 0.6 is 11.3 Å². The number of non-ortho nitro benzene ring substituents is 1. The van der Waals surface area contributed by atoms with Gasteiger partial charge in [0.25, 0.3) is 17.5 Å². The molecule has 0 atom stereocenters. The molecule has 3 aromatic rings. The van der Waals surface area contributed by atoms with Gasteiger partial charge in [-0.1, -0.05) is 17.4 Å². The molecule has 1 heterocycles. The average Bonchev–Trinajstić information content (AvgIpc) is 3.29. The van der Waals surface area contributed by atoms with Crippen LogP contribution in [-0.4, -0.2) is 53.7 Å². The highest BCUT2D eigenvalue weighted by Crippen LogP contribution is 2.21. The van der Waals surface area contributed by atoms with E-state index < -0.39 is 22.5 Å². The summed E-state index contributed by atoms with van der Waals surface area (Å²) in [6.45, 7) is 0.284. The number of nitro benzene ring substituents is 1. The normalized spacial score (nSPS) is 10.3. The molecule has 13 heteroatoms. The van der Waals surface area contributed by atoms with Crippen LogP contribution in [0.25, 0.3) is 0 Å². The van der Waals surface area contributed by atoms with Crippen LogP contribution in [0.15, 0.2) is 42.5 Å². The van der Waals surface area contributed by atoms with Crippen LogP contribution in [0.4, 0.5) is 10.8 Å². The fourth-order valence-corrected chi connectivity index (χ4v) is 3.54. The van der Waals surface area contributed by atoms with E-state index in [1.807, 2.05) is 0 Å². The Bertz CT molecular complexity index is 1240. The first-order valence-corrected chi connectivity index (χ1v) is 10.6. The third-order valence-corrected chi connectivity index (χ3v) is 5.35. The van der Waals surface area contributed by atoms with Crippen molar-refractivity contribution in [1.29, 1.82) is 0 Å². The fourth-order valence-electron chi connectivity index (χ4n) is 2.81. The quantitative estimate of drug-likeness (QED) is 0.263. The topological polar surface area (TPSA) is 163 Å². The van der Waals surface area contributed by atoms with Gasteiger partial charge in [-0.15, -0.1) is 10.2 Å². The summed E-state index contributed by atoms with van der Waals surface area (Å²) in [6, 6.07) is 9.97. The summed E-state index contributed by atoms with van der Waals surface area (Å²) in [6.07, 6.45) is 0.368. The number of rotatable bonds is 9. The maximum absolute atomic E-state index is 12.6. The lowest BCUT2D eigenvalue weighted by molar-refractivity contribution is -0.384. The van der Waals surface area contributed by atoms with E-state index in [1.165, 1.54) is 13.2 Å². The zero-order valence-electron chi connectivity index (χ0n) is 18.1. The second-order valence-electron chi connectivity index (χ2n) is 6.71. The minimum Gasteiger partial charge on any atom is -0.497 e. The van der Waals surface area contributed by atoms with Crippen molar-refractivity contribution in [2.75, 3.05) is 26.1 Å². The van der Waals surface area contributed by atoms with E-state index in [9.17, 15) is 24.5 Å². The summed E-state index contributed by atoms with van der Waals surface area (Å²) >= 11 is 1.08. The molecule has 0 unspecified atom stereocenters. The number of ether oxygens (including phenoxy) is 2. The number of nitrogens with zero attached hydrogens (tertiary/aromatic N) is 3. The highest BCUT2D eigenvalue weighted by molar-refractivity contribution is 7.15. The Morgan fingerprint density at radius 3 is 2.50 bits per heavy atom. The molecule has 34 heavy (non-hydrogen) atoms. The van der Waals surface area contributed by atoms with E-state index in [0.717, 1.165) is 30.6 Å². The maximum atomic E-state index is 12.6. The second kappa shape index (κ2) is 11.0. The Labute approximate surface area is 197 Å². The summed E-state index contributed by atoms with van der Waals surface area (Å²) in [5.74, 6) is -1.22. The number of nitrogens with one attached hydrogen (secondary N) is 2. The molecule has 12 nitrogen and oxygen atoms in total. The van der Waals surface area contributed by atoms with Gasteiger partial charge in [-0.2, -0.15) is 0 Å². The van der Waals surface area contributed by atoms with Crippen molar-refractivity contribution in [1.82, 2.24) is 15.5 Å². The van der Waals surface area contributed by atoms with Gasteiger partial charge in [-0.3, -0.25) is 25.0 Å². The number of benzene rings is 2. The summed E-state index contributed by atoms with van der Waals surface area (Å²) < 4.78 is 9.67. The average molecular weight is 485 g/mol. The predicted molar refractivity (Wildman–Crippen MR) is 121 cm³/mol.